The summed E-state index contributed by atoms with van der Waals surface area (Å²) in [7, 11) is -1.56. The Hall–Kier alpha value is -1.11. The van der Waals surface area contributed by atoms with Gasteiger partial charge in [0.1, 0.15) is 5.75 Å². The fourth-order valence-corrected chi connectivity index (χ4v) is 4.32. The van der Waals surface area contributed by atoms with Gasteiger partial charge in [-0.15, -0.1) is 0 Å². The number of likely N-dealkylation sites (N-methyl/N-ethyl adjacent to an activating group) is 1. The van der Waals surface area contributed by atoms with E-state index in [0.717, 1.165) is 19.3 Å². The Bertz CT molecular complexity index is 543. The van der Waals surface area contributed by atoms with E-state index in [1.807, 2.05) is 14.0 Å². The highest BCUT2D eigenvalue weighted by molar-refractivity contribution is 7.89. The molecule has 1 aliphatic rings. The Labute approximate surface area is 127 Å². The summed E-state index contributed by atoms with van der Waals surface area (Å²) in [6, 6.07) is 6.78. The minimum Gasteiger partial charge on any atom is -0.494 e. The third-order valence-corrected chi connectivity index (χ3v) is 5.63. The van der Waals surface area contributed by atoms with Crippen molar-refractivity contribution in [1.82, 2.24) is 9.62 Å². The van der Waals surface area contributed by atoms with E-state index >= 15 is 0 Å². The molecule has 1 aromatic rings. The fraction of sp³-hybridized carbons (Fsp3) is 0.600. The van der Waals surface area contributed by atoms with Crippen LogP contribution in [0.15, 0.2) is 29.2 Å². The quantitative estimate of drug-likeness (QED) is 0.835. The van der Waals surface area contributed by atoms with Gasteiger partial charge >= 0.3 is 0 Å². The van der Waals surface area contributed by atoms with Crippen LogP contribution in [-0.2, 0) is 10.0 Å². The molecule has 0 bridgehead atoms. The lowest BCUT2D eigenvalue weighted by Gasteiger charge is -2.24. The van der Waals surface area contributed by atoms with Crippen LogP contribution in [0.25, 0.3) is 0 Å². The lowest BCUT2D eigenvalue weighted by atomic mass is 10.2. The second kappa shape index (κ2) is 7.24. The fourth-order valence-electron chi connectivity index (χ4n) is 2.63. The lowest BCUT2D eigenvalue weighted by Crippen LogP contribution is -2.40. The Morgan fingerprint density at radius 3 is 2.67 bits per heavy atom. The molecule has 21 heavy (non-hydrogen) atoms. The molecule has 0 spiro atoms. The molecular weight excluding hydrogens is 288 g/mol. The number of sulfonamides is 1. The SMILES string of the molecule is CCCOc1ccc(S(=O)(=O)N2CCCC2CNC)cc1. The predicted molar refractivity (Wildman–Crippen MR) is 83.1 cm³/mol. The molecule has 6 heteroatoms. The van der Waals surface area contributed by atoms with Gasteiger partial charge in [0.05, 0.1) is 11.5 Å². The zero-order chi connectivity index (χ0) is 15.3. The standard InChI is InChI=1S/C15H24N2O3S/c1-3-11-20-14-6-8-15(9-7-14)21(18,19)17-10-4-5-13(17)12-16-2/h6-9,13,16H,3-5,10-12H2,1-2H3. The summed E-state index contributed by atoms with van der Waals surface area (Å²) in [6.45, 7) is 3.97. The van der Waals surface area contributed by atoms with Gasteiger partial charge in [-0.05, 0) is 50.6 Å². The number of benzene rings is 1. The monoisotopic (exact) mass is 312 g/mol. The van der Waals surface area contributed by atoms with Gasteiger partial charge in [0.15, 0.2) is 0 Å². The maximum Gasteiger partial charge on any atom is 0.243 e. The number of ether oxygens (including phenoxy) is 1. The minimum absolute atomic E-state index is 0.0519. The van der Waals surface area contributed by atoms with E-state index < -0.39 is 10.0 Å². The van der Waals surface area contributed by atoms with Crippen LogP contribution in [0.5, 0.6) is 5.75 Å². The van der Waals surface area contributed by atoms with E-state index in [4.69, 9.17) is 4.74 Å². The van der Waals surface area contributed by atoms with Crippen LogP contribution in [0.3, 0.4) is 0 Å². The van der Waals surface area contributed by atoms with Gasteiger partial charge < -0.3 is 10.1 Å². The van der Waals surface area contributed by atoms with Crippen LogP contribution in [-0.4, -0.2) is 45.5 Å². The molecule has 2 rings (SSSR count). The summed E-state index contributed by atoms with van der Waals surface area (Å²) in [5, 5.41) is 3.07. The van der Waals surface area contributed by atoms with Crippen molar-refractivity contribution in [1.29, 1.82) is 0 Å². The van der Waals surface area contributed by atoms with Gasteiger partial charge in [-0.25, -0.2) is 8.42 Å². The van der Waals surface area contributed by atoms with E-state index in [1.54, 1.807) is 28.6 Å². The summed E-state index contributed by atoms with van der Waals surface area (Å²) in [5.74, 6) is 0.712. The van der Waals surface area contributed by atoms with Crippen molar-refractivity contribution < 1.29 is 13.2 Å². The summed E-state index contributed by atoms with van der Waals surface area (Å²) < 4.78 is 32.5. The van der Waals surface area contributed by atoms with Crippen LogP contribution < -0.4 is 10.1 Å². The van der Waals surface area contributed by atoms with Crippen LogP contribution in [0.4, 0.5) is 0 Å². The topological polar surface area (TPSA) is 58.6 Å². The molecule has 0 aromatic heterocycles. The molecule has 118 valence electrons. The first-order valence-corrected chi connectivity index (χ1v) is 8.93. The van der Waals surface area contributed by atoms with Crippen molar-refractivity contribution in [2.45, 2.75) is 37.1 Å². The van der Waals surface area contributed by atoms with E-state index in [9.17, 15) is 8.42 Å². The Balaban J connectivity index is 2.15. The zero-order valence-electron chi connectivity index (χ0n) is 12.7. The molecule has 1 unspecified atom stereocenters. The molecule has 1 heterocycles. The molecule has 5 nitrogen and oxygen atoms in total. The Morgan fingerprint density at radius 1 is 1.33 bits per heavy atom. The molecule has 0 radical (unpaired) electrons. The molecular formula is C15H24N2O3S. The first kappa shape index (κ1) is 16.3. The van der Waals surface area contributed by atoms with Crippen molar-refractivity contribution >= 4 is 10.0 Å². The second-order valence-corrected chi connectivity index (χ2v) is 7.18. The van der Waals surface area contributed by atoms with Crippen molar-refractivity contribution in [2.75, 3.05) is 26.7 Å². The Kier molecular flexibility index (Phi) is 5.61. The van der Waals surface area contributed by atoms with E-state index in [-0.39, 0.29) is 6.04 Å². The van der Waals surface area contributed by atoms with Gasteiger partial charge in [0.25, 0.3) is 0 Å². The number of nitrogens with one attached hydrogen (secondary N) is 1. The third-order valence-electron chi connectivity index (χ3n) is 3.67. The number of hydrogen-bond acceptors (Lipinski definition) is 4. The summed E-state index contributed by atoms with van der Waals surface area (Å²) in [5.41, 5.74) is 0. The highest BCUT2D eigenvalue weighted by Crippen LogP contribution is 2.26. The van der Waals surface area contributed by atoms with Gasteiger partial charge in [-0.2, -0.15) is 4.31 Å². The first-order chi connectivity index (χ1) is 10.1. The lowest BCUT2D eigenvalue weighted by molar-refractivity contribution is 0.317. The molecule has 1 fully saturated rings. The van der Waals surface area contributed by atoms with Crippen LogP contribution in [0.1, 0.15) is 26.2 Å². The van der Waals surface area contributed by atoms with Crippen LogP contribution in [0.2, 0.25) is 0 Å². The maximum atomic E-state index is 12.7. The van der Waals surface area contributed by atoms with E-state index in [1.165, 1.54) is 0 Å². The minimum atomic E-state index is -3.41. The van der Waals surface area contributed by atoms with Crippen molar-refractivity contribution in [3.8, 4) is 5.75 Å². The largest absolute Gasteiger partial charge is 0.494 e. The Morgan fingerprint density at radius 2 is 2.05 bits per heavy atom. The van der Waals surface area contributed by atoms with Crippen LogP contribution >= 0.6 is 0 Å². The third kappa shape index (κ3) is 3.75. The zero-order valence-corrected chi connectivity index (χ0v) is 13.5. The maximum absolute atomic E-state index is 12.7. The average molecular weight is 312 g/mol. The van der Waals surface area contributed by atoms with Gasteiger partial charge in [0, 0.05) is 19.1 Å². The highest BCUT2D eigenvalue weighted by Gasteiger charge is 2.34. The molecule has 1 aliphatic heterocycles. The molecule has 1 saturated heterocycles. The number of hydrogen-bond donors (Lipinski definition) is 1. The first-order valence-electron chi connectivity index (χ1n) is 7.49. The van der Waals surface area contributed by atoms with E-state index in [0.29, 0.717) is 30.3 Å². The van der Waals surface area contributed by atoms with Gasteiger partial charge in [-0.3, -0.25) is 0 Å². The molecule has 1 aromatic carbocycles. The highest BCUT2D eigenvalue weighted by atomic mass is 32.2. The van der Waals surface area contributed by atoms with E-state index in [2.05, 4.69) is 5.32 Å². The molecule has 0 saturated carbocycles. The van der Waals surface area contributed by atoms with Crippen molar-refractivity contribution in [3.63, 3.8) is 0 Å². The van der Waals surface area contributed by atoms with Crippen molar-refractivity contribution in [3.05, 3.63) is 24.3 Å². The second-order valence-electron chi connectivity index (χ2n) is 5.29. The molecule has 0 aliphatic carbocycles. The predicted octanol–water partition coefficient (Wildman–Crippen LogP) is 1.85. The van der Waals surface area contributed by atoms with Gasteiger partial charge in [0.2, 0.25) is 10.0 Å². The van der Waals surface area contributed by atoms with Crippen LogP contribution in [0, 0.1) is 0 Å². The molecule has 1 N–H and O–H groups in total. The summed E-state index contributed by atoms with van der Waals surface area (Å²) in [6.07, 6.45) is 2.76. The summed E-state index contributed by atoms with van der Waals surface area (Å²) in [4.78, 5) is 0.342. The average Bonchev–Trinajstić information content (AvgIpc) is 2.95. The normalized spacial score (nSPS) is 19.8. The molecule has 1 atom stereocenters. The smallest absolute Gasteiger partial charge is 0.243 e. The van der Waals surface area contributed by atoms with Gasteiger partial charge in [-0.1, -0.05) is 6.92 Å². The van der Waals surface area contributed by atoms with Crippen molar-refractivity contribution in [2.24, 2.45) is 0 Å². The summed E-state index contributed by atoms with van der Waals surface area (Å²) >= 11 is 0. The number of rotatable bonds is 7. The molecule has 0 amide bonds. The number of nitrogens with zero attached hydrogens (tertiary/aromatic N) is 1.